The number of aromatic nitrogens is 3. The van der Waals surface area contributed by atoms with Crippen molar-refractivity contribution < 1.29 is 9.84 Å². The molecular formula is C23H26N4O3. The number of anilines is 1. The molecule has 4 rings (SSSR count). The zero-order valence-electron chi connectivity index (χ0n) is 17.2. The summed E-state index contributed by atoms with van der Waals surface area (Å²) in [5, 5.41) is 10.6. The van der Waals surface area contributed by atoms with E-state index in [0.29, 0.717) is 37.0 Å². The van der Waals surface area contributed by atoms with Crippen molar-refractivity contribution >= 4 is 5.95 Å². The first-order valence-electron chi connectivity index (χ1n) is 10.0. The van der Waals surface area contributed by atoms with Crippen LogP contribution in [-0.2, 0) is 6.54 Å². The number of aliphatic hydroxyl groups excluding tert-OH is 1. The van der Waals surface area contributed by atoms with Crippen LogP contribution in [0, 0.1) is 5.41 Å². The predicted molar refractivity (Wildman–Crippen MR) is 116 cm³/mol. The summed E-state index contributed by atoms with van der Waals surface area (Å²) in [6.45, 7) is 5.97. The smallest absolute Gasteiger partial charge is 0.255 e. The van der Waals surface area contributed by atoms with Gasteiger partial charge in [-0.1, -0.05) is 32.0 Å². The van der Waals surface area contributed by atoms with Crippen molar-refractivity contribution in [2.45, 2.75) is 26.5 Å². The van der Waals surface area contributed by atoms with E-state index in [1.54, 1.807) is 23.0 Å². The lowest BCUT2D eigenvalue weighted by Gasteiger charge is -2.41. The number of nitrogens with zero attached hydrogens (tertiary/aromatic N) is 4. The minimum atomic E-state index is -0.728. The summed E-state index contributed by atoms with van der Waals surface area (Å²) in [4.78, 5) is 23.7. The van der Waals surface area contributed by atoms with Crippen molar-refractivity contribution in [1.29, 1.82) is 0 Å². The Morgan fingerprint density at radius 2 is 1.87 bits per heavy atom. The number of ether oxygens (including phenoxy) is 1. The van der Waals surface area contributed by atoms with Crippen LogP contribution < -0.4 is 15.2 Å². The van der Waals surface area contributed by atoms with E-state index in [0.717, 1.165) is 5.56 Å². The Balaban J connectivity index is 1.59. The topological polar surface area (TPSA) is 80.5 Å². The Kier molecular flexibility index (Phi) is 5.55. The van der Waals surface area contributed by atoms with E-state index in [9.17, 15) is 9.90 Å². The third-order valence-electron chi connectivity index (χ3n) is 5.07. The second-order valence-electron chi connectivity index (χ2n) is 8.42. The van der Waals surface area contributed by atoms with Gasteiger partial charge in [-0.25, -0.2) is 4.98 Å². The lowest BCUT2D eigenvalue weighted by Crippen LogP contribution is -2.50. The molecule has 0 fully saturated rings. The van der Waals surface area contributed by atoms with Crippen molar-refractivity contribution in [3.8, 4) is 17.0 Å². The van der Waals surface area contributed by atoms with Gasteiger partial charge in [0.05, 0.1) is 12.2 Å². The quantitative estimate of drug-likeness (QED) is 0.678. The molecule has 156 valence electrons. The van der Waals surface area contributed by atoms with Crippen LogP contribution in [0.15, 0.2) is 65.7 Å². The molecule has 1 atom stereocenters. The molecule has 1 aromatic carbocycles. The molecule has 0 bridgehead atoms. The molecule has 0 saturated carbocycles. The zero-order chi connectivity index (χ0) is 21.1. The Morgan fingerprint density at radius 3 is 2.60 bits per heavy atom. The summed E-state index contributed by atoms with van der Waals surface area (Å²) in [6.07, 6.45) is 2.63. The molecule has 1 aliphatic heterocycles. The molecule has 0 spiro atoms. The Morgan fingerprint density at radius 1 is 1.13 bits per heavy atom. The molecule has 1 N–H and O–H groups in total. The van der Waals surface area contributed by atoms with Crippen LogP contribution in [0.3, 0.4) is 0 Å². The second-order valence-corrected chi connectivity index (χ2v) is 8.42. The second kappa shape index (κ2) is 8.28. The molecule has 0 aliphatic carbocycles. The maximum Gasteiger partial charge on any atom is 0.255 e. The van der Waals surface area contributed by atoms with Crippen molar-refractivity contribution in [1.82, 2.24) is 14.5 Å². The van der Waals surface area contributed by atoms with E-state index < -0.39 is 6.10 Å². The first-order chi connectivity index (χ1) is 14.4. The molecule has 2 aromatic heterocycles. The van der Waals surface area contributed by atoms with Gasteiger partial charge in [-0.05, 0) is 24.3 Å². The molecular weight excluding hydrogens is 380 g/mol. The van der Waals surface area contributed by atoms with Gasteiger partial charge in [0.2, 0.25) is 5.95 Å². The first-order valence-corrected chi connectivity index (χ1v) is 10.0. The monoisotopic (exact) mass is 406 g/mol. The summed E-state index contributed by atoms with van der Waals surface area (Å²) in [7, 11) is 0. The fourth-order valence-electron chi connectivity index (χ4n) is 3.78. The molecule has 7 nitrogen and oxygen atoms in total. The Labute approximate surface area is 175 Å². The summed E-state index contributed by atoms with van der Waals surface area (Å²) < 4.78 is 7.39. The summed E-state index contributed by atoms with van der Waals surface area (Å²) in [5.41, 5.74) is 1.22. The van der Waals surface area contributed by atoms with Crippen molar-refractivity contribution in [3.05, 3.63) is 71.3 Å². The van der Waals surface area contributed by atoms with Crippen LogP contribution >= 0.6 is 0 Å². The highest BCUT2D eigenvalue weighted by Crippen LogP contribution is 2.30. The number of aliphatic hydroxyl groups is 1. The molecule has 0 amide bonds. The minimum absolute atomic E-state index is 0.0976. The lowest BCUT2D eigenvalue weighted by molar-refractivity contribution is 0.107. The van der Waals surface area contributed by atoms with Crippen molar-refractivity contribution in [3.63, 3.8) is 0 Å². The van der Waals surface area contributed by atoms with Gasteiger partial charge in [0.15, 0.2) is 0 Å². The largest absolute Gasteiger partial charge is 0.491 e. The average molecular weight is 406 g/mol. The van der Waals surface area contributed by atoms with Crippen molar-refractivity contribution in [2.75, 3.05) is 24.6 Å². The predicted octanol–water partition coefficient (Wildman–Crippen LogP) is 2.59. The normalized spacial score (nSPS) is 16.0. The van der Waals surface area contributed by atoms with E-state index in [-0.39, 0.29) is 17.6 Å². The number of para-hydroxylation sites is 1. The fourth-order valence-corrected chi connectivity index (χ4v) is 3.78. The Bertz CT molecular complexity index is 1050. The highest BCUT2D eigenvalue weighted by molar-refractivity contribution is 5.59. The van der Waals surface area contributed by atoms with Crippen LogP contribution in [0.1, 0.15) is 13.8 Å². The number of benzene rings is 1. The molecule has 0 radical (unpaired) electrons. The third-order valence-corrected chi connectivity index (χ3v) is 5.07. The van der Waals surface area contributed by atoms with Gasteiger partial charge in [0.1, 0.15) is 18.5 Å². The number of rotatable bonds is 6. The fraction of sp³-hybridized carbons (Fsp3) is 0.348. The summed E-state index contributed by atoms with van der Waals surface area (Å²) in [6, 6.07) is 14.6. The van der Waals surface area contributed by atoms with Crippen LogP contribution in [0.5, 0.6) is 5.75 Å². The zero-order valence-corrected chi connectivity index (χ0v) is 17.2. The minimum Gasteiger partial charge on any atom is -0.491 e. The SMILES string of the molecule is CC1(C)CN(CC(O)COc2ccccc2)c2nc(-c3ccncc3)cc(=O)n2C1. The van der Waals surface area contributed by atoms with Crippen LogP contribution in [0.2, 0.25) is 0 Å². The Hall–Kier alpha value is -3.19. The number of fused-ring (bicyclic) bond motifs is 1. The summed E-state index contributed by atoms with van der Waals surface area (Å²) >= 11 is 0. The van der Waals surface area contributed by atoms with Gasteiger partial charge in [0, 0.05) is 42.5 Å². The van der Waals surface area contributed by atoms with Gasteiger partial charge in [-0.15, -0.1) is 0 Å². The molecule has 0 saturated heterocycles. The number of pyridine rings is 1. The summed E-state index contributed by atoms with van der Waals surface area (Å²) in [5.74, 6) is 1.29. The third kappa shape index (κ3) is 4.52. The van der Waals surface area contributed by atoms with Gasteiger partial charge >= 0.3 is 0 Å². The highest BCUT2D eigenvalue weighted by atomic mass is 16.5. The van der Waals surface area contributed by atoms with E-state index in [1.165, 1.54) is 0 Å². The molecule has 3 heterocycles. The van der Waals surface area contributed by atoms with Gasteiger partial charge in [-0.3, -0.25) is 14.3 Å². The maximum atomic E-state index is 12.9. The molecule has 7 heteroatoms. The van der Waals surface area contributed by atoms with Crippen LogP contribution in [-0.4, -0.2) is 45.4 Å². The number of hydrogen-bond donors (Lipinski definition) is 1. The van der Waals surface area contributed by atoms with Gasteiger partial charge in [0.25, 0.3) is 5.56 Å². The van der Waals surface area contributed by atoms with E-state index in [1.807, 2.05) is 47.4 Å². The number of β-amino-alcohol motifs (C(OH)–C–C–N with tert-alkyl or cyclic N) is 1. The molecule has 30 heavy (non-hydrogen) atoms. The standard InChI is InChI=1S/C23H26N4O3/c1-23(2)15-26(13-18(28)14-30-19-6-4-3-5-7-19)22-25-20(12-21(29)27(22)16-23)17-8-10-24-11-9-17/h3-12,18,28H,13-16H2,1-2H3. The van der Waals surface area contributed by atoms with Crippen LogP contribution in [0.25, 0.3) is 11.3 Å². The molecule has 3 aromatic rings. The first kappa shape index (κ1) is 20.1. The van der Waals surface area contributed by atoms with E-state index >= 15 is 0 Å². The number of hydrogen-bond acceptors (Lipinski definition) is 6. The van der Waals surface area contributed by atoms with E-state index in [2.05, 4.69) is 18.8 Å². The van der Waals surface area contributed by atoms with Gasteiger partial charge in [-0.2, -0.15) is 0 Å². The highest BCUT2D eigenvalue weighted by Gasteiger charge is 2.33. The molecule has 1 aliphatic rings. The van der Waals surface area contributed by atoms with Crippen molar-refractivity contribution in [2.24, 2.45) is 5.41 Å². The van der Waals surface area contributed by atoms with Crippen LogP contribution in [0.4, 0.5) is 5.95 Å². The maximum absolute atomic E-state index is 12.9. The lowest BCUT2D eigenvalue weighted by atomic mass is 9.91. The van der Waals surface area contributed by atoms with E-state index in [4.69, 9.17) is 9.72 Å². The van der Waals surface area contributed by atoms with Gasteiger partial charge < -0.3 is 14.7 Å². The molecule has 1 unspecified atom stereocenters. The average Bonchev–Trinajstić information content (AvgIpc) is 2.74.